The number of aromatic carboxylic acids is 1. The van der Waals surface area contributed by atoms with E-state index in [1.807, 2.05) is 0 Å². The van der Waals surface area contributed by atoms with Gasteiger partial charge in [0.25, 0.3) is 10.0 Å². The van der Waals surface area contributed by atoms with Crippen LogP contribution in [0.1, 0.15) is 10.4 Å². The second kappa shape index (κ2) is 7.65. The number of benzene rings is 3. The van der Waals surface area contributed by atoms with Crippen molar-refractivity contribution in [1.29, 1.82) is 0 Å². The monoisotopic (exact) mass is 405 g/mol. The van der Waals surface area contributed by atoms with Crippen molar-refractivity contribution in [1.82, 2.24) is 0 Å². The maximum absolute atomic E-state index is 13.7. The summed E-state index contributed by atoms with van der Waals surface area (Å²) < 4.78 is 59.7. The quantitative estimate of drug-likeness (QED) is 0.639. The molecule has 3 aromatic rings. The Morgan fingerprint density at radius 3 is 2.25 bits per heavy atom. The van der Waals surface area contributed by atoms with E-state index in [9.17, 15) is 27.1 Å². The van der Waals surface area contributed by atoms with Crippen molar-refractivity contribution >= 4 is 21.7 Å². The first kappa shape index (κ1) is 19.3. The Labute approximate surface area is 159 Å². The highest BCUT2D eigenvalue weighted by atomic mass is 32.2. The van der Waals surface area contributed by atoms with Gasteiger partial charge < -0.3 is 9.84 Å². The van der Waals surface area contributed by atoms with Gasteiger partial charge in [0.05, 0.1) is 11.3 Å². The summed E-state index contributed by atoms with van der Waals surface area (Å²) in [5, 5.41) is 9.20. The van der Waals surface area contributed by atoms with E-state index in [-0.39, 0.29) is 17.2 Å². The number of carboxylic acid groups (broad SMARTS) is 1. The van der Waals surface area contributed by atoms with Crippen LogP contribution in [0, 0.1) is 11.6 Å². The number of nitrogens with one attached hydrogen (secondary N) is 1. The molecule has 0 saturated carbocycles. The molecule has 0 aromatic heterocycles. The van der Waals surface area contributed by atoms with Crippen molar-refractivity contribution < 1.29 is 31.8 Å². The lowest BCUT2D eigenvalue weighted by Gasteiger charge is -2.14. The van der Waals surface area contributed by atoms with Gasteiger partial charge in [-0.3, -0.25) is 4.72 Å². The zero-order chi connectivity index (χ0) is 20.3. The van der Waals surface area contributed by atoms with Crippen molar-refractivity contribution in [3.8, 4) is 11.5 Å². The largest absolute Gasteiger partial charge is 0.478 e. The van der Waals surface area contributed by atoms with E-state index in [0.29, 0.717) is 0 Å². The van der Waals surface area contributed by atoms with Gasteiger partial charge in [-0.05, 0) is 48.5 Å². The van der Waals surface area contributed by atoms with Crippen molar-refractivity contribution in [2.24, 2.45) is 0 Å². The van der Waals surface area contributed by atoms with Crippen molar-refractivity contribution in [2.45, 2.75) is 4.90 Å². The van der Waals surface area contributed by atoms with Crippen LogP contribution in [0.5, 0.6) is 11.5 Å². The van der Waals surface area contributed by atoms with Gasteiger partial charge in [0.1, 0.15) is 22.3 Å². The summed E-state index contributed by atoms with van der Waals surface area (Å²) in [6.07, 6.45) is 0. The van der Waals surface area contributed by atoms with E-state index in [0.717, 1.165) is 36.4 Å². The lowest BCUT2D eigenvalue weighted by Crippen LogP contribution is -2.17. The predicted molar refractivity (Wildman–Crippen MR) is 97.1 cm³/mol. The van der Waals surface area contributed by atoms with E-state index >= 15 is 0 Å². The molecule has 0 amide bonds. The minimum Gasteiger partial charge on any atom is -0.478 e. The number of carboxylic acids is 1. The Balaban J connectivity index is 1.99. The summed E-state index contributed by atoms with van der Waals surface area (Å²) in [5.41, 5.74) is -0.683. The molecule has 0 saturated heterocycles. The first-order valence-corrected chi connectivity index (χ1v) is 9.33. The first-order chi connectivity index (χ1) is 13.3. The molecule has 0 bridgehead atoms. The Morgan fingerprint density at radius 1 is 0.929 bits per heavy atom. The van der Waals surface area contributed by atoms with Crippen LogP contribution >= 0.6 is 0 Å². The molecular formula is C19H13F2NO5S. The van der Waals surface area contributed by atoms with Gasteiger partial charge in [-0.1, -0.05) is 12.1 Å². The molecule has 0 atom stereocenters. The number of carbonyl (C=O) groups is 1. The molecule has 6 nitrogen and oxygen atoms in total. The topological polar surface area (TPSA) is 92.7 Å². The Hall–Kier alpha value is -3.46. The standard InChI is InChI=1S/C19H13F2NO5S/c20-12-5-8-14(9-6-12)27-17-10-7-13(21)11-16(17)22-28(25,26)18-4-2-1-3-15(18)19(23)24/h1-11,22H,(H,23,24). The number of rotatable bonds is 6. The van der Waals surface area contributed by atoms with E-state index in [4.69, 9.17) is 4.74 Å². The second-order valence-corrected chi connectivity index (χ2v) is 7.25. The van der Waals surface area contributed by atoms with Crippen LogP contribution in [0.15, 0.2) is 71.6 Å². The first-order valence-electron chi connectivity index (χ1n) is 7.84. The highest BCUT2D eigenvalue weighted by Gasteiger charge is 2.23. The summed E-state index contributed by atoms with van der Waals surface area (Å²) in [7, 11) is -4.36. The van der Waals surface area contributed by atoms with Gasteiger partial charge in [-0.2, -0.15) is 0 Å². The van der Waals surface area contributed by atoms with Gasteiger partial charge in [0.15, 0.2) is 5.75 Å². The van der Waals surface area contributed by atoms with Crippen LogP contribution in [0.2, 0.25) is 0 Å². The highest BCUT2D eigenvalue weighted by Crippen LogP contribution is 2.32. The lowest BCUT2D eigenvalue weighted by atomic mass is 10.2. The van der Waals surface area contributed by atoms with Gasteiger partial charge in [-0.15, -0.1) is 0 Å². The summed E-state index contributed by atoms with van der Waals surface area (Å²) in [5.74, 6) is -2.51. The molecule has 28 heavy (non-hydrogen) atoms. The molecule has 0 aliphatic rings. The Kier molecular flexibility index (Phi) is 5.27. The van der Waals surface area contributed by atoms with Gasteiger partial charge in [0, 0.05) is 6.07 Å². The molecular weight excluding hydrogens is 392 g/mol. The van der Waals surface area contributed by atoms with E-state index in [2.05, 4.69) is 4.72 Å². The minimum atomic E-state index is -4.36. The van der Waals surface area contributed by atoms with Crippen LogP contribution in [0.25, 0.3) is 0 Å². The van der Waals surface area contributed by atoms with Crippen LogP contribution < -0.4 is 9.46 Å². The van der Waals surface area contributed by atoms with E-state index in [1.54, 1.807) is 0 Å². The number of anilines is 1. The molecule has 3 aromatic carbocycles. The average molecular weight is 405 g/mol. The lowest BCUT2D eigenvalue weighted by molar-refractivity contribution is 0.0692. The normalized spacial score (nSPS) is 11.1. The molecule has 3 rings (SSSR count). The number of ether oxygens (including phenoxy) is 1. The third-order valence-corrected chi connectivity index (χ3v) is 5.06. The maximum Gasteiger partial charge on any atom is 0.337 e. The maximum atomic E-state index is 13.7. The molecule has 0 aliphatic heterocycles. The van der Waals surface area contributed by atoms with Crippen LogP contribution in [0.3, 0.4) is 0 Å². The second-order valence-electron chi connectivity index (χ2n) is 5.60. The van der Waals surface area contributed by atoms with Gasteiger partial charge >= 0.3 is 5.97 Å². The third kappa shape index (κ3) is 4.26. The minimum absolute atomic E-state index is 0.0515. The predicted octanol–water partition coefficient (Wildman–Crippen LogP) is 4.26. The molecule has 0 aliphatic carbocycles. The number of hydrogen-bond acceptors (Lipinski definition) is 4. The Bertz CT molecular complexity index is 1130. The smallest absolute Gasteiger partial charge is 0.337 e. The van der Waals surface area contributed by atoms with Crippen molar-refractivity contribution in [3.05, 3.63) is 83.9 Å². The van der Waals surface area contributed by atoms with E-state index < -0.39 is 38.1 Å². The molecule has 2 N–H and O–H groups in total. The zero-order valence-corrected chi connectivity index (χ0v) is 14.9. The molecule has 9 heteroatoms. The highest BCUT2D eigenvalue weighted by molar-refractivity contribution is 7.92. The van der Waals surface area contributed by atoms with Gasteiger partial charge in [-0.25, -0.2) is 22.0 Å². The van der Waals surface area contributed by atoms with Gasteiger partial charge in [0.2, 0.25) is 0 Å². The molecule has 0 unspecified atom stereocenters. The molecule has 0 fully saturated rings. The van der Waals surface area contributed by atoms with Crippen LogP contribution in [0.4, 0.5) is 14.5 Å². The number of sulfonamides is 1. The zero-order valence-electron chi connectivity index (χ0n) is 14.1. The summed E-state index contributed by atoms with van der Waals surface area (Å²) >= 11 is 0. The molecule has 144 valence electrons. The summed E-state index contributed by atoms with van der Waals surface area (Å²) in [6, 6.07) is 13.1. The fraction of sp³-hybridized carbons (Fsp3) is 0. The number of halogens is 2. The molecule has 0 spiro atoms. The summed E-state index contributed by atoms with van der Waals surface area (Å²) in [4.78, 5) is 10.8. The van der Waals surface area contributed by atoms with Crippen molar-refractivity contribution in [2.75, 3.05) is 4.72 Å². The number of hydrogen-bond donors (Lipinski definition) is 2. The third-order valence-electron chi connectivity index (χ3n) is 3.63. The average Bonchev–Trinajstić information content (AvgIpc) is 2.65. The molecule has 0 heterocycles. The van der Waals surface area contributed by atoms with E-state index in [1.165, 1.54) is 30.3 Å². The molecule has 0 radical (unpaired) electrons. The van der Waals surface area contributed by atoms with Crippen LogP contribution in [-0.2, 0) is 10.0 Å². The summed E-state index contributed by atoms with van der Waals surface area (Å²) in [6.45, 7) is 0. The fourth-order valence-corrected chi connectivity index (χ4v) is 3.64. The SMILES string of the molecule is O=C(O)c1ccccc1S(=O)(=O)Nc1cc(F)ccc1Oc1ccc(F)cc1. The fourth-order valence-electron chi connectivity index (χ4n) is 2.38. The Morgan fingerprint density at radius 2 is 1.57 bits per heavy atom. The van der Waals surface area contributed by atoms with Crippen molar-refractivity contribution in [3.63, 3.8) is 0 Å². The van der Waals surface area contributed by atoms with Crippen LogP contribution in [-0.4, -0.2) is 19.5 Å².